The molecule has 0 bridgehead atoms. The van der Waals surface area contributed by atoms with E-state index in [0.717, 1.165) is 6.42 Å². The summed E-state index contributed by atoms with van der Waals surface area (Å²) in [6, 6.07) is 44.6. The van der Waals surface area contributed by atoms with Crippen LogP contribution in [-0.2, 0) is 6.42 Å². The van der Waals surface area contributed by atoms with Gasteiger partial charge in [0.25, 0.3) is 0 Å². The Bertz CT molecular complexity index is 883. The summed E-state index contributed by atoms with van der Waals surface area (Å²) in [5, 5.41) is 4.53. The van der Waals surface area contributed by atoms with E-state index in [9.17, 15) is 0 Å². The second kappa shape index (κ2) is 9.68. The van der Waals surface area contributed by atoms with E-state index in [2.05, 4.69) is 121 Å². The summed E-state index contributed by atoms with van der Waals surface area (Å²) in [4.78, 5) is 0. The maximum absolute atomic E-state index is 2.35. The van der Waals surface area contributed by atoms with E-state index in [1.54, 1.807) is 0 Å². The van der Waals surface area contributed by atoms with Crippen molar-refractivity contribution in [2.75, 3.05) is 6.16 Å². The van der Waals surface area contributed by atoms with Gasteiger partial charge in [-0.25, -0.2) is 0 Å². The fraction of sp³-hybridized carbons (Fsp3) is 0.143. The van der Waals surface area contributed by atoms with Gasteiger partial charge in [0.2, 0.25) is 0 Å². The molecule has 0 nitrogen and oxygen atoms in total. The van der Waals surface area contributed by atoms with E-state index in [1.165, 1.54) is 40.5 Å². The zero-order valence-electron chi connectivity index (χ0n) is 16.9. The molecule has 0 aromatic heterocycles. The van der Waals surface area contributed by atoms with E-state index in [-0.39, 0.29) is 0 Å². The van der Waals surface area contributed by atoms with Crippen molar-refractivity contribution in [1.29, 1.82) is 0 Å². The molecule has 146 valence electrons. The Hall–Kier alpha value is -2.69. The average Bonchev–Trinajstić information content (AvgIpc) is 2.82. The molecular formula is C28H29P. The van der Waals surface area contributed by atoms with Crippen molar-refractivity contribution in [2.45, 2.75) is 19.3 Å². The van der Waals surface area contributed by atoms with E-state index in [1.807, 2.05) is 0 Å². The van der Waals surface area contributed by atoms with Gasteiger partial charge in [-0.3, -0.25) is 0 Å². The standard InChI is InChI=1S/C28H29P/c1-5-15-25(16-6-1)17-13-14-24-29(26-18-7-2-8-19-26,27-20-9-3-10-21-27)28-22-11-4-12-23-28/h1-12,15-16,18-23,29H,13-14,17,24H2. The molecule has 0 atom stereocenters. The number of hydrogen-bond acceptors (Lipinski definition) is 0. The van der Waals surface area contributed by atoms with E-state index >= 15 is 0 Å². The third-order valence-corrected chi connectivity index (χ3v) is 11.0. The van der Waals surface area contributed by atoms with Crippen molar-refractivity contribution < 1.29 is 0 Å². The van der Waals surface area contributed by atoms with Crippen LogP contribution in [0.25, 0.3) is 0 Å². The molecule has 0 unspecified atom stereocenters. The Labute approximate surface area is 175 Å². The minimum absolute atomic E-state index is 1.16. The summed E-state index contributed by atoms with van der Waals surface area (Å²) in [7, 11) is -2.06. The zero-order chi connectivity index (χ0) is 19.8. The quantitative estimate of drug-likeness (QED) is 0.263. The summed E-state index contributed by atoms with van der Waals surface area (Å²) >= 11 is 0. The fourth-order valence-electron chi connectivity index (χ4n) is 4.46. The van der Waals surface area contributed by atoms with Crippen LogP contribution in [-0.4, -0.2) is 6.16 Å². The third kappa shape index (κ3) is 4.50. The SMILES string of the molecule is c1ccc(CCCC[PH](c2ccccc2)(c2ccccc2)c2ccccc2)cc1. The van der Waals surface area contributed by atoms with Gasteiger partial charge in [0.05, 0.1) is 0 Å². The molecule has 4 rings (SSSR count). The molecule has 4 aromatic rings. The minimum atomic E-state index is -2.06. The topological polar surface area (TPSA) is 0 Å². The Balaban J connectivity index is 1.70. The monoisotopic (exact) mass is 396 g/mol. The first-order valence-electron chi connectivity index (χ1n) is 10.6. The van der Waals surface area contributed by atoms with Crippen LogP contribution in [0.15, 0.2) is 121 Å². The molecule has 0 amide bonds. The fourth-order valence-corrected chi connectivity index (χ4v) is 9.40. The summed E-state index contributed by atoms with van der Waals surface area (Å²) in [6.07, 6.45) is 4.85. The second-order valence-electron chi connectivity index (χ2n) is 7.70. The van der Waals surface area contributed by atoms with Crippen molar-refractivity contribution in [3.63, 3.8) is 0 Å². The predicted octanol–water partition coefficient (Wildman–Crippen LogP) is 5.74. The van der Waals surface area contributed by atoms with Gasteiger partial charge in [-0.2, -0.15) is 0 Å². The Morgan fingerprint density at radius 2 is 0.793 bits per heavy atom. The van der Waals surface area contributed by atoms with Crippen LogP contribution in [0, 0.1) is 0 Å². The molecular weight excluding hydrogens is 367 g/mol. The van der Waals surface area contributed by atoms with Crippen LogP contribution < -0.4 is 15.9 Å². The average molecular weight is 397 g/mol. The van der Waals surface area contributed by atoms with Crippen LogP contribution in [0.5, 0.6) is 0 Å². The van der Waals surface area contributed by atoms with E-state index in [4.69, 9.17) is 0 Å². The number of hydrogen-bond donors (Lipinski definition) is 0. The van der Waals surface area contributed by atoms with Crippen molar-refractivity contribution in [3.8, 4) is 0 Å². The molecule has 4 aromatic carbocycles. The van der Waals surface area contributed by atoms with Crippen molar-refractivity contribution in [3.05, 3.63) is 127 Å². The second-order valence-corrected chi connectivity index (χ2v) is 11.7. The first kappa shape index (κ1) is 19.6. The van der Waals surface area contributed by atoms with E-state index < -0.39 is 7.26 Å². The Kier molecular flexibility index (Phi) is 6.55. The van der Waals surface area contributed by atoms with Gasteiger partial charge in [-0.05, 0) is 0 Å². The number of benzene rings is 4. The molecule has 0 saturated carbocycles. The van der Waals surface area contributed by atoms with Gasteiger partial charge in [-0.15, -0.1) is 0 Å². The van der Waals surface area contributed by atoms with Crippen molar-refractivity contribution in [2.24, 2.45) is 0 Å². The molecule has 0 aliphatic heterocycles. The number of aryl methyl sites for hydroxylation is 1. The van der Waals surface area contributed by atoms with Crippen LogP contribution in [0.1, 0.15) is 18.4 Å². The molecule has 29 heavy (non-hydrogen) atoms. The molecule has 0 N–H and O–H groups in total. The van der Waals surface area contributed by atoms with Crippen molar-refractivity contribution in [1.82, 2.24) is 0 Å². The summed E-state index contributed by atoms with van der Waals surface area (Å²) in [5.74, 6) is 0. The summed E-state index contributed by atoms with van der Waals surface area (Å²) in [6.45, 7) is 0. The summed E-state index contributed by atoms with van der Waals surface area (Å²) < 4.78 is 0. The molecule has 0 aliphatic carbocycles. The van der Waals surface area contributed by atoms with Gasteiger partial charge >= 0.3 is 175 Å². The number of rotatable bonds is 8. The first-order valence-corrected chi connectivity index (χ1v) is 12.8. The molecule has 0 radical (unpaired) electrons. The van der Waals surface area contributed by atoms with Gasteiger partial charge in [-0.1, -0.05) is 0 Å². The molecule has 0 fully saturated rings. The third-order valence-electron chi connectivity index (χ3n) is 5.91. The van der Waals surface area contributed by atoms with Crippen LogP contribution >= 0.6 is 7.26 Å². The Morgan fingerprint density at radius 3 is 1.21 bits per heavy atom. The molecule has 0 spiro atoms. The molecule has 0 heterocycles. The van der Waals surface area contributed by atoms with Gasteiger partial charge in [0, 0.05) is 0 Å². The van der Waals surface area contributed by atoms with Crippen LogP contribution in [0.3, 0.4) is 0 Å². The van der Waals surface area contributed by atoms with E-state index in [0.29, 0.717) is 0 Å². The Morgan fingerprint density at radius 1 is 0.414 bits per heavy atom. The molecule has 1 heteroatoms. The van der Waals surface area contributed by atoms with Gasteiger partial charge in [0.1, 0.15) is 0 Å². The van der Waals surface area contributed by atoms with Gasteiger partial charge in [0.15, 0.2) is 0 Å². The van der Waals surface area contributed by atoms with Crippen molar-refractivity contribution >= 4 is 23.2 Å². The molecule has 0 aliphatic rings. The van der Waals surface area contributed by atoms with Gasteiger partial charge < -0.3 is 0 Å². The number of unbranched alkanes of at least 4 members (excludes halogenated alkanes) is 1. The zero-order valence-corrected chi connectivity index (χ0v) is 17.9. The normalized spacial score (nSPS) is 11.9. The van der Waals surface area contributed by atoms with Crippen LogP contribution in [0.4, 0.5) is 0 Å². The first-order chi connectivity index (χ1) is 14.4. The molecule has 0 saturated heterocycles. The predicted molar refractivity (Wildman–Crippen MR) is 131 cm³/mol. The maximum atomic E-state index is 2.35. The summed E-state index contributed by atoms with van der Waals surface area (Å²) in [5.41, 5.74) is 1.44. The van der Waals surface area contributed by atoms with Crippen LogP contribution in [0.2, 0.25) is 0 Å².